The third-order valence-electron chi connectivity index (χ3n) is 3.12. The van der Waals surface area contributed by atoms with Gasteiger partial charge in [-0.1, -0.05) is 12.1 Å². The zero-order chi connectivity index (χ0) is 16.3. The van der Waals surface area contributed by atoms with Gasteiger partial charge in [-0.2, -0.15) is 13.2 Å². The van der Waals surface area contributed by atoms with Gasteiger partial charge in [0.1, 0.15) is 12.3 Å². The van der Waals surface area contributed by atoms with Crippen LogP contribution in [0.5, 0.6) is 5.75 Å². The Balaban J connectivity index is 2.00. The average Bonchev–Trinajstić information content (AvgIpc) is 2.45. The molecule has 0 aromatic heterocycles. The van der Waals surface area contributed by atoms with Gasteiger partial charge in [-0.05, 0) is 19.1 Å². The van der Waals surface area contributed by atoms with E-state index in [0.29, 0.717) is 11.4 Å². The van der Waals surface area contributed by atoms with Crippen LogP contribution >= 0.6 is 0 Å². The summed E-state index contributed by atoms with van der Waals surface area (Å²) in [6.45, 7) is 0.193. The Morgan fingerprint density at radius 3 is 2.73 bits per heavy atom. The van der Waals surface area contributed by atoms with Crippen molar-refractivity contribution in [2.75, 3.05) is 18.0 Å². The minimum absolute atomic E-state index is 0.00671. The maximum atomic E-state index is 12.1. The number of hydrogen-bond donors (Lipinski definition) is 1. The third-order valence-corrected chi connectivity index (χ3v) is 3.12. The highest BCUT2D eigenvalue weighted by molar-refractivity contribution is 6.00. The number of amides is 2. The van der Waals surface area contributed by atoms with Crippen molar-refractivity contribution in [1.29, 1.82) is 0 Å². The predicted octanol–water partition coefficient (Wildman–Crippen LogP) is 1.87. The van der Waals surface area contributed by atoms with Gasteiger partial charge in [0.05, 0.1) is 5.69 Å². The lowest BCUT2D eigenvalue weighted by molar-refractivity contribution is -0.138. The van der Waals surface area contributed by atoms with Crippen LogP contribution in [0.3, 0.4) is 0 Å². The molecule has 1 heterocycles. The molecule has 22 heavy (non-hydrogen) atoms. The maximum Gasteiger partial charge on any atom is 0.405 e. The van der Waals surface area contributed by atoms with Gasteiger partial charge in [0.25, 0.3) is 5.91 Å². The number of nitrogens with one attached hydrogen (secondary N) is 1. The van der Waals surface area contributed by atoms with E-state index in [4.69, 9.17) is 4.74 Å². The number of halogens is 3. The normalized spacial score (nSPS) is 17.7. The van der Waals surface area contributed by atoms with Crippen LogP contribution in [0.25, 0.3) is 0 Å². The molecule has 1 aliphatic heterocycles. The number of anilines is 1. The van der Waals surface area contributed by atoms with Crippen molar-refractivity contribution in [3.05, 3.63) is 24.3 Å². The Bertz CT molecular complexity index is 575. The molecule has 120 valence electrons. The topological polar surface area (TPSA) is 58.6 Å². The van der Waals surface area contributed by atoms with Crippen molar-refractivity contribution in [2.24, 2.45) is 0 Å². The second-order valence-electron chi connectivity index (χ2n) is 4.86. The molecule has 2 rings (SSSR count). The van der Waals surface area contributed by atoms with Crippen LogP contribution in [0.4, 0.5) is 18.9 Å². The Hall–Kier alpha value is -2.25. The molecule has 5 nitrogen and oxygen atoms in total. The first-order chi connectivity index (χ1) is 10.3. The molecule has 2 amide bonds. The third kappa shape index (κ3) is 3.90. The number of ether oxygens (including phenoxy) is 1. The minimum atomic E-state index is -4.45. The van der Waals surface area contributed by atoms with E-state index in [0.717, 1.165) is 0 Å². The summed E-state index contributed by atoms with van der Waals surface area (Å²) in [5.74, 6) is -0.589. The summed E-state index contributed by atoms with van der Waals surface area (Å²) < 4.78 is 41.5. The molecular formula is C14H15F3N2O3. The number of alkyl halides is 3. The molecule has 1 aromatic rings. The second kappa shape index (κ2) is 6.25. The van der Waals surface area contributed by atoms with Gasteiger partial charge in [-0.25, -0.2) is 0 Å². The number of carbonyl (C=O) groups excluding carboxylic acids is 2. The van der Waals surface area contributed by atoms with Crippen molar-refractivity contribution < 1.29 is 27.5 Å². The predicted molar refractivity (Wildman–Crippen MR) is 72.6 cm³/mol. The molecule has 0 spiro atoms. The van der Waals surface area contributed by atoms with Gasteiger partial charge in [-0.3, -0.25) is 9.59 Å². The van der Waals surface area contributed by atoms with E-state index in [-0.39, 0.29) is 18.9 Å². The molecule has 8 heteroatoms. The first kappa shape index (κ1) is 16.1. The molecule has 0 aliphatic carbocycles. The van der Waals surface area contributed by atoms with Gasteiger partial charge in [0.15, 0.2) is 6.10 Å². The Morgan fingerprint density at radius 1 is 1.36 bits per heavy atom. The molecule has 0 saturated carbocycles. The van der Waals surface area contributed by atoms with Gasteiger partial charge < -0.3 is 15.0 Å². The number of carbonyl (C=O) groups is 2. The van der Waals surface area contributed by atoms with Crippen LogP contribution < -0.4 is 15.0 Å². The molecule has 0 bridgehead atoms. The number of rotatable bonds is 4. The van der Waals surface area contributed by atoms with Crippen LogP contribution in [0.2, 0.25) is 0 Å². The van der Waals surface area contributed by atoms with Crippen molar-refractivity contribution in [3.8, 4) is 5.75 Å². The molecule has 1 N–H and O–H groups in total. The first-order valence-electron chi connectivity index (χ1n) is 6.68. The molecule has 1 aliphatic rings. The average molecular weight is 316 g/mol. The summed E-state index contributed by atoms with van der Waals surface area (Å²) in [5.41, 5.74) is 0.509. The van der Waals surface area contributed by atoms with Crippen molar-refractivity contribution in [3.63, 3.8) is 0 Å². The second-order valence-corrected chi connectivity index (χ2v) is 4.86. The molecule has 1 atom stereocenters. The number of fused-ring (bicyclic) bond motifs is 1. The monoisotopic (exact) mass is 316 g/mol. The zero-order valence-electron chi connectivity index (χ0n) is 11.8. The summed E-state index contributed by atoms with van der Waals surface area (Å²) >= 11 is 0. The number of benzene rings is 1. The van der Waals surface area contributed by atoms with Crippen molar-refractivity contribution >= 4 is 17.5 Å². The fourth-order valence-corrected chi connectivity index (χ4v) is 2.09. The Morgan fingerprint density at radius 2 is 2.05 bits per heavy atom. The van der Waals surface area contributed by atoms with Crippen LogP contribution in [0.15, 0.2) is 24.3 Å². The molecular weight excluding hydrogens is 301 g/mol. The lowest BCUT2D eigenvalue weighted by Gasteiger charge is -2.32. The quantitative estimate of drug-likeness (QED) is 0.922. The largest absolute Gasteiger partial charge is 0.479 e. The van der Waals surface area contributed by atoms with Gasteiger partial charge >= 0.3 is 6.18 Å². The highest BCUT2D eigenvalue weighted by Crippen LogP contribution is 2.33. The lowest BCUT2D eigenvalue weighted by atomic mass is 10.1. The molecule has 1 aromatic carbocycles. The number of hydrogen-bond acceptors (Lipinski definition) is 3. The van der Waals surface area contributed by atoms with E-state index in [1.54, 1.807) is 36.5 Å². The number of nitrogens with zero attached hydrogens (tertiary/aromatic N) is 1. The maximum absolute atomic E-state index is 12.1. The van der Waals surface area contributed by atoms with Gasteiger partial charge in [0.2, 0.25) is 5.91 Å². The Kier molecular flexibility index (Phi) is 4.58. The highest BCUT2D eigenvalue weighted by atomic mass is 19.4. The summed E-state index contributed by atoms with van der Waals surface area (Å²) in [6, 6.07) is 6.81. The van der Waals surface area contributed by atoms with E-state index in [2.05, 4.69) is 0 Å². The van der Waals surface area contributed by atoms with Crippen LogP contribution in [-0.2, 0) is 9.59 Å². The molecule has 1 unspecified atom stereocenters. The highest BCUT2D eigenvalue weighted by Gasteiger charge is 2.32. The van der Waals surface area contributed by atoms with Crippen LogP contribution in [-0.4, -0.2) is 37.2 Å². The van der Waals surface area contributed by atoms with Crippen LogP contribution in [0.1, 0.15) is 13.3 Å². The summed E-state index contributed by atoms with van der Waals surface area (Å²) in [7, 11) is 0. The van der Waals surface area contributed by atoms with Crippen molar-refractivity contribution in [1.82, 2.24) is 5.32 Å². The minimum Gasteiger partial charge on any atom is -0.479 e. The Labute approximate surface area is 125 Å². The van der Waals surface area contributed by atoms with Crippen molar-refractivity contribution in [2.45, 2.75) is 25.6 Å². The van der Waals surface area contributed by atoms with Gasteiger partial charge in [-0.15, -0.1) is 0 Å². The molecule has 0 fully saturated rings. The fraction of sp³-hybridized carbons (Fsp3) is 0.429. The fourth-order valence-electron chi connectivity index (χ4n) is 2.09. The standard InChI is InChI=1S/C14H15F3N2O3/c1-9-13(21)19(10-4-2-3-5-11(10)22-9)7-6-12(20)18-8-14(15,16)17/h2-5,9H,6-8H2,1H3,(H,18,20). The number of para-hydroxylation sites is 2. The van der Waals surface area contributed by atoms with E-state index in [9.17, 15) is 22.8 Å². The van der Waals surface area contributed by atoms with Crippen LogP contribution in [0, 0.1) is 0 Å². The van der Waals surface area contributed by atoms with Gasteiger partial charge in [0, 0.05) is 13.0 Å². The van der Waals surface area contributed by atoms with E-state index in [1.807, 2.05) is 0 Å². The summed E-state index contributed by atoms with van der Waals surface area (Å²) in [6.07, 6.45) is -5.37. The van der Waals surface area contributed by atoms with E-state index < -0.39 is 24.7 Å². The molecule has 0 radical (unpaired) electrons. The SMILES string of the molecule is CC1Oc2ccccc2N(CCC(=O)NCC(F)(F)F)C1=O. The molecule has 0 saturated heterocycles. The summed E-state index contributed by atoms with van der Waals surface area (Å²) in [4.78, 5) is 24.9. The zero-order valence-corrected chi connectivity index (χ0v) is 11.8. The smallest absolute Gasteiger partial charge is 0.405 e. The first-order valence-corrected chi connectivity index (χ1v) is 6.68. The summed E-state index contributed by atoms with van der Waals surface area (Å²) in [5, 5.41) is 1.78. The van der Waals surface area contributed by atoms with E-state index >= 15 is 0 Å². The van der Waals surface area contributed by atoms with E-state index in [1.165, 1.54) is 4.90 Å². The lowest BCUT2D eigenvalue weighted by Crippen LogP contribution is -2.46.